The quantitative estimate of drug-likeness (QED) is 0.185. The topological polar surface area (TPSA) is 109 Å². The van der Waals surface area contributed by atoms with Gasteiger partial charge in [0.15, 0.2) is 6.10 Å². The summed E-state index contributed by atoms with van der Waals surface area (Å²) in [6.07, 6.45) is 1.31. The molecule has 3 aromatic rings. The summed E-state index contributed by atoms with van der Waals surface area (Å²) in [4.78, 5) is 27.3. The van der Waals surface area contributed by atoms with Crippen molar-refractivity contribution in [3.8, 4) is 0 Å². The molecule has 1 aliphatic heterocycles. The Kier molecular flexibility index (Phi) is 10.4. The first-order valence-corrected chi connectivity index (χ1v) is 19.0. The Hall–Kier alpha value is -2.99. The SMILES string of the molecule is CC(C)(C)OC(=O)N1CCC(COC(C(N)=O)c2cc(Cl)cc3cn(COCC[Si](C)(C)C)nc23)(c2ccc(F)cc2)CC1. The van der Waals surface area contributed by atoms with Gasteiger partial charge in [-0.25, -0.2) is 13.9 Å². The summed E-state index contributed by atoms with van der Waals surface area (Å²) >= 11 is 6.48. The smallest absolute Gasteiger partial charge is 0.410 e. The van der Waals surface area contributed by atoms with Crippen LogP contribution in [-0.4, -0.2) is 66.7 Å². The highest BCUT2D eigenvalue weighted by atomic mass is 35.5. The Labute approximate surface area is 264 Å². The molecule has 2 amide bonds. The minimum Gasteiger partial charge on any atom is -0.444 e. The first-order chi connectivity index (χ1) is 20.6. The summed E-state index contributed by atoms with van der Waals surface area (Å²) in [6, 6.07) is 10.7. The van der Waals surface area contributed by atoms with E-state index in [1.54, 1.807) is 33.8 Å². The molecule has 2 aromatic carbocycles. The van der Waals surface area contributed by atoms with Gasteiger partial charge in [-0.05, 0) is 69.5 Å². The molecule has 240 valence electrons. The molecular weight excluding hydrogens is 603 g/mol. The van der Waals surface area contributed by atoms with E-state index in [1.807, 2.05) is 27.0 Å². The number of primary amides is 1. The van der Waals surface area contributed by atoms with Gasteiger partial charge in [0.25, 0.3) is 5.91 Å². The van der Waals surface area contributed by atoms with E-state index in [0.717, 1.165) is 17.0 Å². The zero-order valence-corrected chi connectivity index (χ0v) is 28.2. The summed E-state index contributed by atoms with van der Waals surface area (Å²) in [6.45, 7) is 14.2. The third-order valence-electron chi connectivity index (χ3n) is 7.77. The Bertz CT molecular complexity index is 1460. The van der Waals surface area contributed by atoms with Crippen molar-refractivity contribution in [2.75, 3.05) is 26.3 Å². The average molecular weight is 647 g/mol. The zero-order chi connectivity index (χ0) is 32.3. The van der Waals surface area contributed by atoms with Crippen molar-refractivity contribution in [2.24, 2.45) is 5.73 Å². The number of nitrogens with two attached hydrogens (primary N) is 1. The van der Waals surface area contributed by atoms with Crippen molar-refractivity contribution in [1.82, 2.24) is 14.7 Å². The molecule has 1 atom stereocenters. The molecule has 0 aliphatic carbocycles. The number of amides is 2. The summed E-state index contributed by atoms with van der Waals surface area (Å²) < 4.78 is 33.4. The molecule has 2 heterocycles. The van der Waals surface area contributed by atoms with E-state index in [0.29, 0.717) is 48.6 Å². The number of fused-ring (bicyclic) bond motifs is 1. The molecule has 0 radical (unpaired) electrons. The second-order valence-electron chi connectivity index (χ2n) is 13.8. The van der Waals surface area contributed by atoms with E-state index in [-0.39, 0.29) is 25.2 Å². The van der Waals surface area contributed by atoms with Gasteiger partial charge >= 0.3 is 6.09 Å². The number of benzene rings is 2. The molecule has 44 heavy (non-hydrogen) atoms. The van der Waals surface area contributed by atoms with Gasteiger partial charge < -0.3 is 24.8 Å². The summed E-state index contributed by atoms with van der Waals surface area (Å²) in [5, 5.41) is 5.84. The number of piperidine rings is 1. The normalized spacial score (nSPS) is 16.2. The van der Waals surface area contributed by atoms with Gasteiger partial charge in [0.05, 0.1) is 12.1 Å². The monoisotopic (exact) mass is 646 g/mol. The van der Waals surface area contributed by atoms with Crippen molar-refractivity contribution in [3.63, 3.8) is 0 Å². The molecule has 9 nitrogen and oxygen atoms in total. The Morgan fingerprint density at radius 3 is 2.39 bits per heavy atom. The molecule has 1 saturated heterocycles. The third-order valence-corrected chi connectivity index (χ3v) is 9.69. The molecule has 2 N–H and O–H groups in total. The molecule has 0 saturated carbocycles. The van der Waals surface area contributed by atoms with Crippen LogP contribution in [0, 0.1) is 5.82 Å². The van der Waals surface area contributed by atoms with Gasteiger partial charge in [0.1, 0.15) is 18.1 Å². The van der Waals surface area contributed by atoms with Crippen LogP contribution in [-0.2, 0) is 31.2 Å². The second kappa shape index (κ2) is 13.6. The highest BCUT2D eigenvalue weighted by Gasteiger charge is 2.40. The summed E-state index contributed by atoms with van der Waals surface area (Å²) in [5.41, 5.74) is 6.54. The van der Waals surface area contributed by atoms with Gasteiger partial charge in [-0.2, -0.15) is 5.10 Å². The van der Waals surface area contributed by atoms with E-state index in [1.165, 1.54) is 12.1 Å². The second-order valence-corrected chi connectivity index (χ2v) is 19.9. The molecule has 1 aliphatic rings. The van der Waals surface area contributed by atoms with Crippen LogP contribution in [0.1, 0.15) is 50.8 Å². The summed E-state index contributed by atoms with van der Waals surface area (Å²) in [5.74, 6) is -1.04. The van der Waals surface area contributed by atoms with Gasteiger partial charge in [0.2, 0.25) is 0 Å². The number of carbonyl (C=O) groups is 2. The van der Waals surface area contributed by atoms with Crippen LogP contribution in [0.3, 0.4) is 0 Å². The standard InChI is InChI=1S/C32H44ClFN4O5Si/c1-31(2,3)43-30(40)37-13-11-32(12-14-37,23-7-9-25(34)10-8-23)20-42-28(29(35)39)26-18-24(33)17-22-19-38(36-27(22)26)21-41-15-16-44(4,5)6/h7-10,17-19,28H,11-16,20-21H2,1-6H3,(H2,35,39). The van der Waals surface area contributed by atoms with Crippen LogP contribution in [0.4, 0.5) is 9.18 Å². The van der Waals surface area contributed by atoms with E-state index in [9.17, 15) is 14.0 Å². The van der Waals surface area contributed by atoms with Gasteiger partial charge in [-0.15, -0.1) is 0 Å². The first kappa shape index (κ1) is 33.9. The van der Waals surface area contributed by atoms with Crippen LogP contribution in [0.15, 0.2) is 42.6 Å². The molecule has 4 rings (SSSR count). The summed E-state index contributed by atoms with van der Waals surface area (Å²) in [7, 11) is -1.23. The lowest BCUT2D eigenvalue weighted by Crippen LogP contribution is -2.49. The Morgan fingerprint density at radius 2 is 1.80 bits per heavy atom. The lowest BCUT2D eigenvalue weighted by atomic mass is 9.73. The third kappa shape index (κ3) is 8.80. The molecule has 1 unspecified atom stereocenters. The maximum absolute atomic E-state index is 13.9. The maximum atomic E-state index is 13.9. The fourth-order valence-corrected chi connectivity index (χ4v) is 6.30. The van der Waals surface area contributed by atoms with Crippen molar-refractivity contribution in [2.45, 2.75) is 83.1 Å². The number of likely N-dealkylation sites (tertiary alicyclic amines) is 1. The van der Waals surface area contributed by atoms with Crippen LogP contribution in [0.25, 0.3) is 10.9 Å². The van der Waals surface area contributed by atoms with E-state index >= 15 is 0 Å². The molecule has 0 bridgehead atoms. The number of nitrogens with zero attached hydrogens (tertiary/aromatic N) is 3. The molecule has 12 heteroatoms. The van der Waals surface area contributed by atoms with Crippen molar-refractivity contribution in [3.05, 3.63) is 64.6 Å². The predicted octanol–water partition coefficient (Wildman–Crippen LogP) is 6.65. The Balaban J connectivity index is 1.57. The molecule has 0 spiro atoms. The fraction of sp³-hybridized carbons (Fsp3) is 0.531. The number of aromatic nitrogens is 2. The predicted molar refractivity (Wildman–Crippen MR) is 172 cm³/mol. The van der Waals surface area contributed by atoms with Crippen molar-refractivity contribution < 1.29 is 28.2 Å². The highest BCUT2D eigenvalue weighted by Crippen LogP contribution is 2.39. The number of rotatable bonds is 11. The van der Waals surface area contributed by atoms with Gasteiger partial charge in [-0.3, -0.25) is 4.79 Å². The van der Waals surface area contributed by atoms with Crippen LogP contribution >= 0.6 is 11.6 Å². The highest BCUT2D eigenvalue weighted by molar-refractivity contribution is 6.76. The zero-order valence-electron chi connectivity index (χ0n) is 26.5. The fourth-order valence-electron chi connectivity index (χ4n) is 5.31. The lowest BCUT2D eigenvalue weighted by Gasteiger charge is -2.42. The van der Waals surface area contributed by atoms with E-state index in [4.69, 9.17) is 31.5 Å². The molecule has 1 aromatic heterocycles. The average Bonchev–Trinajstić information content (AvgIpc) is 3.33. The number of hydrogen-bond acceptors (Lipinski definition) is 6. The number of carbonyl (C=O) groups excluding carboxylic acids is 2. The van der Waals surface area contributed by atoms with Crippen molar-refractivity contribution >= 4 is 42.6 Å². The van der Waals surface area contributed by atoms with Crippen LogP contribution < -0.4 is 5.73 Å². The van der Waals surface area contributed by atoms with E-state index < -0.39 is 31.1 Å². The maximum Gasteiger partial charge on any atom is 0.410 e. The number of hydrogen-bond donors (Lipinski definition) is 1. The number of ether oxygens (including phenoxy) is 3. The Morgan fingerprint density at radius 1 is 1.14 bits per heavy atom. The van der Waals surface area contributed by atoms with Gasteiger partial charge in [0, 0.05) is 55.4 Å². The molecule has 1 fully saturated rings. The lowest BCUT2D eigenvalue weighted by molar-refractivity contribution is -0.131. The van der Waals surface area contributed by atoms with Gasteiger partial charge in [-0.1, -0.05) is 43.4 Å². The van der Waals surface area contributed by atoms with Crippen LogP contribution in [0.5, 0.6) is 0 Å². The van der Waals surface area contributed by atoms with E-state index in [2.05, 4.69) is 24.7 Å². The largest absolute Gasteiger partial charge is 0.444 e. The first-order valence-electron chi connectivity index (χ1n) is 14.9. The minimum absolute atomic E-state index is 0.100. The van der Waals surface area contributed by atoms with Crippen LogP contribution in [0.2, 0.25) is 30.7 Å². The number of halogens is 2. The van der Waals surface area contributed by atoms with Crippen molar-refractivity contribution in [1.29, 1.82) is 0 Å². The minimum atomic E-state index is -1.23. The molecular formula is C32H44ClFN4O5Si.